The second-order valence-electron chi connectivity index (χ2n) is 6.49. The van der Waals surface area contributed by atoms with Crippen molar-refractivity contribution in [2.45, 2.75) is 0 Å². The number of hydrogen-bond acceptors (Lipinski definition) is 12. The number of rotatable bonds is 22. The van der Waals surface area contributed by atoms with E-state index in [1.165, 1.54) is 4.90 Å². The van der Waals surface area contributed by atoms with Gasteiger partial charge in [-0.2, -0.15) is 0 Å². The molecule has 31 heavy (non-hydrogen) atoms. The predicted octanol–water partition coefficient (Wildman–Crippen LogP) is -2.62. The molecular weight excluding hydrogens is 420 g/mol. The summed E-state index contributed by atoms with van der Waals surface area (Å²) in [5, 5.41) is 18.0. The van der Waals surface area contributed by atoms with Crippen LogP contribution in [0.1, 0.15) is 0 Å². The van der Waals surface area contributed by atoms with Gasteiger partial charge in [0, 0.05) is 39.3 Å². The first-order chi connectivity index (χ1) is 14.8. The van der Waals surface area contributed by atoms with Crippen molar-refractivity contribution < 1.29 is 48.4 Å². The van der Waals surface area contributed by atoms with Crippen LogP contribution in [0.2, 0.25) is 0 Å². The molecule has 0 aromatic carbocycles. The molecule has 0 saturated heterocycles. The zero-order valence-corrected chi connectivity index (χ0v) is 17.5. The molecule has 0 bridgehead atoms. The molecule has 14 nitrogen and oxygen atoms in total. The zero-order chi connectivity index (χ0) is 23.5. The number of ether oxygens (including phenoxy) is 3. The molecule has 178 valence electrons. The van der Waals surface area contributed by atoms with Crippen molar-refractivity contribution >= 4 is 31.4 Å². The maximum atomic E-state index is 11.2. The molecular formula is C17H30N4O10. The highest BCUT2D eigenvalue weighted by Gasteiger charge is 2.16. The summed E-state index contributed by atoms with van der Waals surface area (Å²) in [6.45, 7) is 2.03. The van der Waals surface area contributed by atoms with Gasteiger partial charge >= 0.3 is 11.9 Å². The SMILES string of the molecule is CN(CCN(CCN(CCN(COC=O)COC=O)CC(=O)O)COC=O)CC(=O)O. The lowest BCUT2D eigenvalue weighted by molar-refractivity contribution is -0.142. The molecule has 0 aromatic rings. The lowest BCUT2D eigenvalue weighted by Crippen LogP contribution is -2.44. The molecule has 0 unspecified atom stereocenters. The highest BCUT2D eigenvalue weighted by molar-refractivity contribution is 5.69. The molecule has 0 aliphatic heterocycles. The fourth-order valence-corrected chi connectivity index (χ4v) is 2.46. The molecule has 0 radical (unpaired) electrons. The monoisotopic (exact) mass is 450 g/mol. The third kappa shape index (κ3) is 16.7. The largest absolute Gasteiger partial charge is 0.480 e. The van der Waals surface area contributed by atoms with Crippen molar-refractivity contribution in [1.82, 2.24) is 19.6 Å². The topological polar surface area (TPSA) is 166 Å². The maximum Gasteiger partial charge on any atom is 0.317 e. The first-order valence-corrected chi connectivity index (χ1v) is 9.27. The van der Waals surface area contributed by atoms with Crippen LogP contribution in [-0.4, -0.2) is 141 Å². The summed E-state index contributed by atoms with van der Waals surface area (Å²) in [7, 11) is 1.64. The first kappa shape index (κ1) is 28.2. The Morgan fingerprint density at radius 3 is 1.48 bits per heavy atom. The Morgan fingerprint density at radius 1 is 0.645 bits per heavy atom. The van der Waals surface area contributed by atoms with E-state index < -0.39 is 11.9 Å². The van der Waals surface area contributed by atoms with Gasteiger partial charge in [-0.05, 0) is 7.05 Å². The summed E-state index contributed by atoms with van der Waals surface area (Å²) in [6.07, 6.45) is 0. The molecule has 2 N–H and O–H groups in total. The second kappa shape index (κ2) is 18.0. The van der Waals surface area contributed by atoms with Crippen molar-refractivity contribution in [1.29, 1.82) is 0 Å². The maximum absolute atomic E-state index is 11.2. The van der Waals surface area contributed by atoms with E-state index in [0.29, 0.717) is 32.7 Å². The minimum absolute atomic E-state index is 0.0300. The predicted molar refractivity (Wildman–Crippen MR) is 104 cm³/mol. The highest BCUT2D eigenvalue weighted by Crippen LogP contribution is 1.98. The van der Waals surface area contributed by atoms with Gasteiger partial charge in [0.1, 0.15) is 20.2 Å². The molecule has 0 heterocycles. The van der Waals surface area contributed by atoms with Crippen LogP contribution in [0.4, 0.5) is 0 Å². The highest BCUT2D eigenvalue weighted by atomic mass is 16.6. The van der Waals surface area contributed by atoms with Crippen LogP contribution < -0.4 is 0 Å². The zero-order valence-electron chi connectivity index (χ0n) is 17.5. The van der Waals surface area contributed by atoms with Gasteiger partial charge < -0.3 is 24.4 Å². The Balaban J connectivity index is 4.79. The van der Waals surface area contributed by atoms with E-state index in [-0.39, 0.29) is 59.3 Å². The van der Waals surface area contributed by atoms with Gasteiger partial charge in [-0.1, -0.05) is 0 Å². The minimum Gasteiger partial charge on any atom is -0.480 e. The molecule has 0 aliphatic rings. The lowest BCUT2D eigenvalue weighted by Gasteiger charge is -2.28. The van der Waals surface area contributed by atoms with Gasteiger partial charge in [0.15, 0.2) is 0 Å². The van der Waals surface area contributed by atoms with Crippen molar-refractivity contribution in [3.63, 3.8) is 0 Å². The van der Waals surface area contributed by atoms with Gasteiger partial charge in [-0.15, -0.1) is 0 Å². The first-order valence-electron chi connectivity index (χ1n) is 9.27. The third-order valence-electron chi connectivity index (χ3n) is 4.00. The molecule has 0 fully saturated rings. The standard InChI is InChI=1S/C17H30N4O10/c1-18(8-16(25)26)2-3-20(10-29-13-22)6-4-19(9-17(27)28)5-7-21(11-30-14-23)12-31-15-24/h13-15H,2-12H2,1H3,(H,25,26)(H,27,28). The van der Waals surface area contributed by atoms with Crippen molar-refractivity contribution in [3.8, 4) is 0 Å². The summed E-state index contributed by atoms with van der Waals surface area (Å²) in [6, 6.07) is 0. The number of carbonyl (C=O) groups excluding carboxylic acids is 3. The van der Waals surface area contributed by atoms with E-state index in [4.69, 9.17) is 14.9 Å². The fourth-order valence-electron chi connectivity index (χ4n) is 2.46. The normalized spacial score (nSPS) is 11.0. The summed E-state index contributed by atoms with van der Waals surface area (Å²) in [5.74, 6) is -2.01. The van der Waals surface area contributed by atoms with Gasteiger partial charge in [-0.3, -0.25) is 38.7 Å². The van der Waals surface area contributed by atoms with Crippen molar-refractivity contribution in [2.75, 3.05) is 79.6 Å². The molecule has 0 saturated carbocycles. The summed E-state index contributed by atoms with van der Waals surface area (Å²) in [4.78, 5) is 59.6. The number of carboxylic acids is 2. The quantitative estimate of drug-likeness (QED) is 0.0999. The fraction of sp³-hybridized carbons (Fsp3) is 0.706. The third-order valence-corrected chi connectivity index (χ3v) is 4.00. The van der Waals surface area contributed by atoms with E-state index in [9.17, 15) is 24.0 Å². The molecule has 0 spiro atoms. The van der Waals surface area contributed by atoms with Gasteiger partial charge in [0.2, 0.25) is 0 Å². The minimum atomic E-state index is -1.04. The van der Waals surface area contributed by atoms with Gasteiger partial charge in [0.25, 0.3) is 19.4 Å². The molecule has 14 heteroatoms. The van der Waals surface area contributed by atoms with Gasteiger partial charge in [0.05, 0.1) is 13.1 Å². The van der Waals surface area contributed by atoms with Crippen LogP contribution in [0.3, 0.4) is 0 Å². The van der Waals surface area contributed by atoms with E-state index in [0.717, 1.165) is 0 Å². The molecule has 0 rings (SSSR count). The van der Waals surface area contributed by atoms with Crippen molar-refractivity contribution in [2.24, 2.45) is 0 Å². The van der Waals surface area contributed by atoms with E-state index in [2.05, 4.69) is 9.47 Å². The summed E-state index contributed by atoms with van der Waals surface area (Å²) >= 11 is 0. The number of carbonyl (C=O) groups is 5. The summed E-state index contributed by atoms with van der Waals surface area (Å²) < 4.78 is 14.1. The average Bonchev–Trinajstić information content (AvgIpc) is 2.71. The molecule has 0 atom stereocenters. The molecule has 0 aliphatic carbocycles. The number of hydrogen-bond donors (Lipinski definition) is 2. The van der Waals surface area contributed by atoms with Crippen LogP contribution >= 0.6 is 0 Å². The second-order valence-corrected chi connectivity index (χ2v) is 6.49. The van der Waals surface area contributed by atoms with E-state index >= 15 is 0 Å². The Bertz CT molecular complexity index is 539. The van der Waals surface area contributed by atoms with E-state index in [1.54, 1.807) is 21.7 Å². The number of aliphatic carboxylic acids is 2. The number of nitrogens with zero attached hydrogens (tertiary/aromatic N) is 4. The Labute approximate surface area is 179 Å². The van der Waals surface area contributed by atoms with Crippen LogP contribution in [0.25, 0.3) is 0 Å². The number of carboxylic acid groups (broad SMARTS) is 2. The molecule has 0 amide bonds. The Hall–Kier alpha value is -2.81. The average molecular weight is 450 g/mol. The van der Waals surface area contributed by atoms with Crippen molar-refractivity contribution in [3.05, 3.63) is 0 Å². The van der Waals surface area contributed by atoms with E-state index in [1.807, 2.05) is 0 Å². The van der Waals surface area contributed by atoms with Crippen LogP contribution in [-0.2, 0) is 38.2 Å². The Morgan fingerprint density at radius 2 is 1.03 bits per heavy atom. The van der Waals surface area contributed by atoms with Crippen LogP contribution in [0.15, 0.2) is 0 Å². The molecule has 0 aromatic heterocycles. The summed E-state index contributed by atoms with van der Waals surface area (Å²) in [5.41, 5.74) is 0. The van der Waals surface area contributed by atoms with Crippen LogP contribution in [0.5, 0.6) is 0 Å². The van der Waals surface area contributed by atoms with Crippen LogP contribution in [0, 0.1) is 0 Å². The Kier molecular flexibility index (Phi) is 16.4. The number of likely N-dealkylation sites (N-methyl/N-ethyl adjacent to an activating group) is 1. The lowest BCUT2D eigenvalue weighted by atomic mass is 10.4. The van der Waals surface area contributed by atoms with Gasteiger partial charge in [-0.25, -0.2) is 4.90 Å². The smallest absolute Gasteiger partial charge is 0.317 e.